The zero-order chi connectivity index (χ0) is 10.2. The van der Waals surface area contributed by atoms with Crippen LogP contribution in [0.25, 0.3) is 0 Å². The number of alkyl halides is 2. The first kappa shape index (κ1) is 9.83. The van der Waals surface area contributed by atoms with Gasteiger partial charge in [-0.2, -0.15) is 0 Å². The van der Waals surface area contributed by atoms with Crippen molar-refractivity contribution in [3.05, 3.63) is 0 Å². The van der Waals surface area contributed by atoms with E-state index in [1.54, 1.807) is 4.90 Å². The molecule has 1 saturated heterocycles. The van der Waals surface area contributed by atoms with Crippen molar-refractivity contribution in [2.24, 2.45) is 0 Å². The third kappa shape index (κ3) is 1.87. The fourth-order valence-corrected chi connectivity index (χ4v) is 2.20. The van der Waals surface area contributed by atoms with Crippen molar-refractivity contribution in [3.63, 3.8) is 0 Å². The van der Waals surface area contributed by atoms with Crippen LogP contribution in [0.2, 0.25) is 0 Å². The molecule has 3 nitrogen and oxygen atoms in total. The van der Waals surface area contributed by atoms with Crippen molar-refractivity contribution >= 4 is 5.91 Å². The van der Waals surface area contributed by atoms with Crippen LogP contribution in [-0.2, 0) is 4.79 Å². The summed E-state index contributed by atoms with van der Waals surface area (Å²) in [6.45, 7) is 1.58. The minimum atomic E-state index is -2.56. The van der Waals surface area contributed by atoms with Crippen molar-refractivity contribution < 1.29 is 13.6 Å². The monoisotopic (exact) mass is 204 g/mol. The second-order valence-corrected chi connectivity index (χ2v) is 4.02. The van der Waals surface area contributed by atoms with E-state index in [-0.39, 0.29) is 24.8 Å². The smallest absolute Gasteiger partial charge is 0.250 e. The number of hydrogen-bond donors (Lipinski definition) is 1. The summed E-state index contributed by atoms with van der Waals surface area (Å²) in [7, 11) is 0. The molecule has 1 atom stereocenters. The summed E-state index contributed by atoms with van der Waals surface area (Å²) in [5.41, 5.74) is 0. The van der Waals surface area contributed by atoms with Gasteiger partial charge in [-0.05, 0) is 6.42 Å². The van der Waals surface area contributed by atoms with E-state index in [4.69, 9.17) is 0 Å². The molecule has 1 heterocycles. The summed E-state index contributed by atoms with van der Waals surface area (Å²) in [4.78, 5) is 13.0. The first-order valence-electron chi connectivity index (χ1n) is 4.96. The molecule has 0 aromatic carbocycles. The lowest BCUT2D eigenvalue weighted by molar-refractivity contribution is -0.134. The molecule has 0 aromatic rings. The van der Waals surface area contributed by atoms with Gasteiger partial charge in [0, 0.05) is 32.0 Å². The molecular formula is C9H14F2N2O. The number of nitrogens with zero attached hydrogens (tertiary/aromatic N) is 1. The Hall–Kier alpha value is -0.710. The molecule has 2 rings (SSSR count). The van der Waals surface area contributed by atoms with Crippen LogP contribution in [0, 0.1) is 0 Å². The Bertz CT molecular complexity index is 245. The Labute approximate surface area is 81.4 Å². The Morgan fingerprint density at radius 3 is 2.86 bits per heavy atom. The van der Waals surface area contributed by atoms with Crippen LogP contribution in [0.1, 0.15) is 19.3 Å². The fraction of sp³-hybridized carbons (Fsp3) is 0.889. The van der Waals surface area contributed by atoms with Crippen LogP contribution in [0.4, 0.5) is 8.78 Å². The normalized spacial score (nSPS) is 32.3. The number of nitrogens with one attached hydrogen (secondary N) is 1. The highest BCUT2D eigenvalue weighted by atomic mass is 19.3. The van der Waals surface area contributed by atoms with Crippen LogP contribution in [0.15, 0.2) is 0 Å². The van der Waals surface area contributed by atoms with Gasteiger partial charge >= 0.3 is 0 Å². The number of amides is 1. The fourth-order valence-electron chi connectivity index (χ4n) is 2.20. The van der Waals surface area contributed by atoms with Gasteiger partial charge in [-0.1, -0.05) is 0 Å². The molecule has 2 aliphatic rings. The quantitative estimate of drug-likeness (QED) is 0.678. The number of piperazine rings is 1. The lowest BCUT2D eigenvalue weighted by Gasteiger charge is -2.32. The molecule has 0 aromatic heterocycles. The van der Waals surface area contributed by atoms with E-state index in [0.717, 1.165) is 0 Å². The maximum absolute atomic E-state index is 12.9. The molecule has 80 valence electrons. The lowest BCUT2D eigenvalue weighted by Crippen LogP contribution is -2.52. The molecular weight excluding hydrogens is 190 g/mol. The topological polar surface area (TPSA) is 32.3 Å². The average molecular weight is 204 g/mol. The molecule has 0 bridgehead atoms. The van der Waals surface area contributed by atoms with Gasteiger partial charge in [-0.15, -0.1) is 0 Å². The first-order valence-corrected chi connectivity index (χ1v) is 4.96. The molecule has 1 saturated carbocycles. The van der Waals surface area contributed by atoms with Crippen LogP contribution in [0.3, 0.4) is 0 Å². The standard InChI is InChI=1S/C9H14F2N2O/c10-9(11)2-1-7(5-9)13-4-3-12-6-8(13)14/h7,12H,1-6H2. The maximum atomic E-state index is 12.9. The van der Waals surface area contributed by atoms with Gasteiger partial charge in [0.15, 0.2) is 0 Å². The number of carbonyl (C=O) groups excluding carboxylic acids is 1. The number of halogens is 2. The van der Waals surface area contributed by atoms with E-state index in [2.05, 4.69) is 5.32 Å². The van der Waals surface area contributed by atoms with E-state index >= 15 is 0 Å². The summed E-state index contributed by atoms with van der Waals surface area (Å²) >= 11 is 0. The molecule has 1 N–H and O–H groups in total. The molecule has 1 aliphatic heterocycles. The van der Waals surface area contributed by atoms with Crippen molar-refractivity contribution in [2.45, 2.75) is 31.2 Å². The van der Waals surface area contributed by atoms with E-state index in [1.807, 2.05) is 0 Å². The Kier molecular flexibility index (Phi) is 2.43. The predicted octanol–water partition coefficient (Wildman–Crippen LogP) is 0.606. The van der Waals surface area contributed by atoms with Crippen molar-refractivity contribution in [3.8, 4) is 0 Å². The zero-order valence-corrected chi connectivity index (χ0v) is 7.93. The van der Waals surface area contributed by atoms with E-state index in [1.165, 1.54) is 0 Å². The van der Waals surface area contributed by atoms with Crippen molar-refractivity contribution in [1.82, 2.24) is 10.2 Å². The average Bonchev–Trinajstić information content (AvgIpc) is 2.47. The summed E-state index contributed by atoms with van der Waals surface area (Å²) < 4.78 is 25.8. The summed E-state index contributed by atoms with van der Waals surface area (Å²) in [6.07, 6.45) is 0.215. The van der Waals surface area contributed by atoms with Gasteiger partial charge in [-0.3, -0.25) is 4.79 Å². The van der Waals surface area contributed by atoms with Crippen LogP contribution >= 0.6 is 0 Å². The third-order valence-electron chi connectivity index (χ3n) is 2.94. The minimum absolute atomic E-state index is 0.0426. The number of hydrogen-bond acceptors (Lipinski definition) is 2. The molecule has 1 amide bonds. The minimum Gasteiger partial charge on any atom is -0.337 e. The molecule has 14 heavy (non-hydrogen) atoms. The highest BCUT2D eigenvalue weighted by Crippen LogP contribution is 2.37. The summed E-state index contributed by atoms with van der Waals surface area (Å²) in [5.74, 6) is -2.60. The van der Waals surface area contributed by atoms with Gasteiger partial charge < -0.3 is 10.2 Å². The second kappa shape index (κ2) is 3.46. The summed E-state index contributed by atoms with van der Waals surface area (Å²) in [6, 6.07) is -0.236. The Balaban J connectivity index is 1.98. The molecule has 1 unspecified atom stereocenters. The van der Waals surface area contributed by atoms with Crippen molar-refractivity contribution in [2.75, 3.05) is 19.6 Å². The van der Waals surface area contributed by atoms with Crippen LogP contribution in [-0.4, -0.2) is 42.4 Å². The first-order chi connectivity index (χ1) is 6.58. The SMILES string of the molecule is O=C1CNCCN1C1CCC(F)(F)C1. The molecule has 2 fully saturated rings. The third-order valence-corrected chi connectivity index (χ3v) is 2.94. The maximum Gasteiger partial charge on any atom is 0.250 e. The molecule has 0 radical (unpaired) electrons. The largest absolute Gasteiger partial charge is 0.337 e. The van der Waals surface area contributed by atoms with Crippen LogP contribution < -0.4 is 5.32 Å². The van der Waals surface area contributed by atoms with E-state index in [0.29, 0.717) is 26.1 Å². The summed E-state index contributed by atoms with van der Waals surface area (Å²) in [5, 5.41) is 2.93. The van der Waals surface area contributed by atoms with Gasteiger partial charge in [0.05, 0.1) is 6.54 Å². The highest BCUT2D eigenvalue weighted by Gasteiger charge is 2.43. The van der Waals surface area contributed by atoms with Gasteiger partial charge in [0.1, 0.15) is 0 Å². The highest BCUT2D eigenvalue weighted by molar-refractivity contribution is 5.79. The Morgan fingerprint density at radius 2 is 2.29 bits per heavy atom. The zero-order valence-electron chi connectivity index (χ0n) is 7.93. The molecule has 5 heteroatoms. The van der Waals surface area contributed by atoms with Gasteiger partial charge in [0.2, 0.25) is 11.8 Å². The predicted molar refractivity (Wildman–Crippen MR) is 47.2 cm³/mol. The molecule has 1 aliphatic carbocycles. The van der Waals surface area contributed by atoms with Gasteiger partial charge in [0.25, 0.3) is 0 Å². The van der Waals surface area contributed by atoms with Crippen molar-refractivity contribution in [1.29, 1.82) is 0 Å². The van der Waals surface area contributed by atoms with Gasteiger partial charge in [-0.25, -0.2) is 8.78 Å². The number of rotatable bonds is 1. The van der Waals surface area contributed by atoms with E-state index in [9.17, 15) is 13.6 Å². The van der Waals surface area contributed by atoms with Crippen LogP contribution in [0.5, 0.6) is 0 Å². The molecule has 0 spiro atoms. The van der Waals surface area contributed by atoms with E-state index < -0.39 is 5.92 Å². The number of carbonyl (C=O) groups is 1. The Morgan fingerprint density at radius 1 is 1.50 bits per heavy atom. The lowest BCUT2D eigenvalue weighted by atomic mass is 10.2. The second-order valence-electron chi connectivity index (χ2n) is 4.02.